The lowest BCUT2D eigenvalue weighted by Crippen LogP contribution is -2.11. The van der Waals surface area contributed by atoms with Crippen molar-refractivity contribution < 1.29 is 0 Å². The number of rotatable bonds is 4. The van der Waals surface area contributed by atoms with Gasteiger partial charge in [-0.1, -0.05) is 0 Å². The molecule has 0 fully saturated rings. The van der Waals surface area contributed by atoms with Gasteiger partial charge < -0.3 is 5.73 Å². The third-order valence-electron chi connectivity index (χ3n) is 3.65. The molecule has 2 aromatic heterocycles. The highest BCUT2D eigenvalue weighted by Crippen LogP contribution is 2.34. The van der Waals surface area contributed by atoms with Crippen LogP contribution in [0.3, 0.4) is 0 Å². The molecule has 1 unspecified atom stereocenters. The predicted molar refractivity (Wildman–Crippen MR) is 82.6 cm³/mol. The van der Waals surface area contributed by atoms with Crippen LogP contribution in [0, 0.1) is 0 Å². The van der Waals surface area contributed by atoms with Crippen molar-refractivity contribution in [3.8, 4) is 0 Å². The van der Waals surface area contributed by atoms with E-state index in [-0.39, 0.29) is 6.04 Å². The van der Waals surface area contributed by atoms with Crippen LogP contribution in [-0.2, 0) is 25.6 Å². The number of aryl methyl sites for hydroxylation is 3. The second kappa shape index (κ2) is 5.69. The van der Waals surface area contributed by atoms with Crippen LogP contribution in [0.1, 0.15) is 33.5 Å². The summed E-state index contributed by atoms with van der Waals surface area (Å²) in [4.78, 5) is 2.92. The van der Waals surface area contributed by atoms with Gasteiger partial charge in [0.2, 0.25) is 0 Å². The van der Waals surface area contributed by atoms with Crippen LogP contribution in [0.2, 0.25) is 0 Å². The molecule has 19 heavy (non-hydrogen) atoms. The van der Waals surface area contributed by atoms with Crippen molar-refractivity contribution in [1.29, 1.82) is 0 Å². The predicted octanol–water partition coefficient (Wildman–Crippen LogP) is 2.90. The topological polar surface area (TPSA) is 43.8 Å². The number of fused-ring (bicyclic) bond motifs is 1. The maximum Gasteiger partial charge on any atom is 0.0492 e. The van der Waals surface area contributed by atoms with E-state index in [2.05, 4.69) is 17.2 Å². The summed E-state index contributed by atoms with van der Waals surface area (Å²) < 4.78 is 1.93. The van der Waals surface area contributed by atoms with Gasteiger partial charge in [-0.3, -0.25) is 4.68 Å². The van der Waals surface area contributed by atoms with Crippen LogP contribution >= 0.6 is 23.1 Å². The van der Waals surface area contributed by atoms with Gasteiger partial charge in [-0.05, 0) is 42.7 Å². The molecule has 1 atom stereocenters. The number of nitrogens with zero attached hydrogens (tertiary/aromatic N) is 2. The monoisotopic (exact) mass is 293 g/mol. The van der Waals surface area contributed by atoms with Gasteiger partial charge in [-0.2, -0.15) is 16.9 Å². The van der Waals surface area contributed by atoms with E-state index in [1.54, 1.807) is 4.88 Å². The van der Waals surface area contributed by atoms with Gasteiger partial charge >= 0.3 is 0 Å². The number of aromatic nitrogens is 2. The highest BCUT2D eigenvalue weighted by atomic mass is 32.2. The molecule has 3 heterocycles. The molecule has 3 nitrogen and oxygen atoms in total. The molecule has 0 radical (unpaired) electrons. The van der Waals surface area contributed by atoms with E-state index in [1.807, 2.05) is 41.0 Å². The highest BCUT2D eigenvalue weighted by molar-refractivity contribution is 7.98. The lowest BCUT2D eigenvalue weighted by atomic mass is 10.1. The number of hydrogen-bond acceptors (Lipinski definition) is 4. The van der Waals surface area contributed by atoms with E-state index in [0.717, 1.165) is 12.8 Å². The molecule has 0 aromatic carbocycles. The Hall–Kier alpha value is -0.780. The summed E-state index contributed by atoms with van der Waals surface area (Å²) in [6, 6.07) is 4.57. The zero-order valence-corrected chi connectivity index (χ0v) is 12.8. The van der Waals surface area contributed by atoms with Crippen LogP contribution in [-0.4, -0.2) is 15.5 Å². The van der Waals surface area contributed by atoms with Gasteiger partial charge in [-0.25, -0.2) is 0 Å². The average Bonchev–Trinajstić information content (AvgIpc) is 3.01. The Morgan fingerprint density at radius 2 is 2.42 bits per heavy atom. The molecule has 1 aliphatic heterocycles. The summed E-state index contributed by atoms with van der Waals surface area (Å²) >= 11 is 3.95. The fourth-order valence-corrected chi connectivity index (χ4v) is 4.86. The maximum atomic E-state index is 6.35. The minimum absolute atomic E-state index is 0.163. The Labute approximate surface area is 122 Å². The first-order valence-electron chi connectivity index (χ1n) is 6.65. The van der Waals surface area contributed by atoms with Crippen molar-refractivity contribution >= 4 is 23.1 Å². The van der Waals surface area contributed by atoms with E-state index in [9.17, 15) is 0 Å². The van der Waals surface area contributed by atoms with Crippen LogP contribution in [0.4, 0.5) is 0 Å². The quantitative estimate of drug-likeness (QED) is 0.942. The van der Waals surface area contributed by atoms with Crippen molar-refractivity contribution in [2.24, 2.45) is 12.8 Å². The Kier molecular flexibility index (Phi) is 3.96. The number of hydrogen-bond donors (Lipinski definition) is 1. The first kappa shape index (κ1) is 13.2. The Balaban J connectivity index is 1.65. The molecule has 0 spiro atoms. The van der Waals surface area contributed by atoms with E-state index in [0.29, 0.717) is 0 Å². The fraction of sp³-hybridized carbons (Fsp3) is 0.500. The molecule has 102 valence electrons. The molecule has 0 bridgehead atoms. The molecular weight excluding hydrogens is 274 g/mol. The standard InChI is InChI=1S/C14H19N3S2/c1-17-11(4-6-16-17)2-3-12(15)14-8-10-9-18-7-5-13(10)19-14/h4,6,8,12H,2-3,5,7,9,15H2,1H3. The third kappa shape index (κ3) is 2.88. The van der Waals surface area contributed by atoms with Crippen molar-refractivity contribution in [3.05, 3.63) is 39.3 Å². The van der Waals surface area contributed by atoms with E-state index >= 15 is 0 Å². The lowest BCUT2D eigenvalue weighted by molar-refractivity contribution is 0.620. The molecule has 0 saturated carbocycles. The van der Waals surface area contributed by atoms with Crippen molar-refractivity contribution in [2.75, 3.05) is 5.75 Å². The summed E-state index contributed by atoms with van der Waals surface area (Å²) in [6.45, 7) is 0. The zero-order chi connectivity index (χ0) is 13.2. The first-order valence-corrected chi connectivity index (χ1v) is 8.63. The number of nitrogens with two attached hydrogens (primary N) is 1. The molecule has 2 aromatic rings. The number of thioether (sulfide) groups is 1. The molecular formula is C14H19N3S2. The molecule has 1 aliphatic rings. The van der Waals surface area contributed by atoms with Gasteiger partial charge in [0.05, 0.1) is 0 Å². The summed E-state index contributed by atoms with van der Waals surface area (Å²) in [5, 5.41) is 4.20. The molecule has 2 N–H and O–H groups in total. The van der Waals surface area contributed by atoms with E-state index < -0.39 is 0 Å². The van der Waals surface area contributed by atoms with Crippen LogP contribution < -0.4 is 5.73 Å². The third-order valence-corrected chi connectivity index (χ3v) is 6.02. The van der Waals surface area contributed by atoms with Crippen molar-refractivity contribution in [1.82, 2.24) is 9.78 Å². The lowest BCUT2D eigenvalue weighted by Gasteiger charge is -2.09. The van der Waals surface area contributed by atoms with Crippen molar-refractivity contribution in [3.63, 3.8) is 0 Å². The minimum atomic E-state index is 0.163. The van der Waals surface area contributed by atoms with E-state index in [1.165, 1.54) is 34.1 Å². The number of thiophene rings is 1. The smallest absolute Gasteiger partial charge is 0.0492 e. The summed E-state index contributed by atoms with van der Waals surface area (Å²) in [5.41, 5.74) is 9.13. The fourth-order valence-electron chi connectivity index (χ4n) is 2.45. The Morgan fingerprint density at radius 3 is 3.16 bits per heavy atom. The largest absolute Gasteiger partial charge is 0.323 e. The highest BCUT2D eigenvalue weighted by Gasteiger charge is 2.17. The SMILES string of the molecule is Cn1nccc1CCC(N)c1cc2c(s1)CCSC2. The van der Waals surface area contributed by atoms with Crippen LogP contribution in [0.5, 0.6) is 0 Å². The van der Waals surface area contributed by atoms with E-state index in [4.69, 9.17) is 5.73 Å². The van der Waals surface area contributed by atoms with Crippen LogP contribution in [0.25, 0.3) is 0 Å². The van der Waals surface area contributed by atoms with Gasteiger partial charge in [0, 0.05) is 40.5 Å². The first-order chi connectivity index (χ1) is 9.24. The molecule has 3 rings (SSSR count). The van der Waals surface area contributed by atoms with Gasteiger partial charge in [0.1, 0.15) is 0 Å². The van der Waals surface area contributed by atoms with Gasteiger partial charge in [-0.15, -0.1) is 11.3 Å². The Morgan fingerprint density at radius 1 is 1.53 bits per heavy atom. The summed E-state index contributed by atoms with van der Waals surface area (Å²) in [7, 11) is 1.99. The second-order valence-corrected chi connectivity index (χ2v) is 7.26. The van der Waals surface area contributed by atoms with Crippen molar-refractivity contribution in [2.45, 2.75) is 31.1 Å². The maximum absolute atomic E-state index is 6.35. The molecule has 0 amide bonds. The summed E-state index contributed by atoms with van der Waals surface area (Å²) in [6.07, 6.45) is 5.06. The minimum Gasteiger partial charge on any atom is -0.323 e. The average molecular weight is 293 g/mol. The zero-order valence-electron chi connectivity index (χ0n) is 11.1. The second-order valence-electron chi connectivity index (χ2n) is 4.99. The normalized spacial score (nSPS) is 16.3. The molecule has 5 heteroatoms. The molecule has 0 saturated heterocycles. The molecule has 0 aliphatic carbocycles. The van der Waals surface area contributed by atoms with Gasteiger partial charge in [0.25, 0.3) is 0 Å². The van der Waals surface area contributed by atoms with Crippen LogP contribution in [0.15, 0.2) is 18.3 Å². The Bertz CT molecular complexity index is 535. The summed E-state index contributed by atoms with van der Waals surface area (Å²) in [5.74, 6) is 2.43. The van der Waals surface area contributed by atoms with Gasteiger partial charge in [0.15, 0.2) is 0 Å².